The fourth-order valence-corrected chi connectivity index (χ4v) is 0.791. The Hall–Kier alpha value is -0.790. The van der Waals surface area contributed by atoms with Gasteiger partial charge in [0.05, 0.1) is 0 Å². The molecule has 0 aliphatic rings. The molecule has 0 amide bonds. The lowest BCUT2D eigenvalue weighted by molar-refractivity contribution is 0.603. The third-order valence-electron chi connectivity index (χ3n) is 1.39. The van der Waals surface area contributed by atoms with Crippen LogP contribution in [0.3, 0.4) is 0 Å². The second kappa shape index (κ2) is 4.94. The lowest BCUT2D eigenvalue weighted by atomic mass is 10.1. The second-order valence-electron chi connectivity index (χ2n) is 3.35. The Balaban J connectivity index is 3.63. The third-order valence-corrected chi connectivity index (χ3v) is 1.39. The van der Waals surface area contributed by atoms with Crippen molar-refractivity contribution < 1.29 is 0 Å². The van der Waals surface area contributed by atoms with E-state index >= 15 is 0 Å². The van der Waals surface area contributed by atoms with Crippen LogP contribution in [0, 0.1) is 11.3 Å². The molecule has 0 unspecified atom stereocenters. The number of rotatable bonds is 4. The summed E-state index contributed by atoms with van der Waals surface area (Å²) in [5.41, 5.74) is 6.78. The fraction of sp³-hybridized carbons (Fsp3) is 0.667. The highest BCUT2D eigenvalue weighted by Gasteiger charge is 1.96. The SMILES string of the molecule is C/C(N)=C/C(=N)CCC(C)C. The summed E-state index contributed by atoms with van der Waals surface area (Å²) < 4.78 is 0. The predicted molar refractivity (Wildman–Crippen MR) is 49.7 cm³/mol. The van der Waals surface area contributed by atoms with Gasteiger partial charge in [-0.15, -0.1) is 0 Å². The molecule has 0 aromatic rings. The number of hydrogen-bond donors (Lipinski definition) is 2. The molecule has 0 spiro atoms. The molecular weight excluding hydrogens is 136 g/mol. The summed E-state index contributed by atoms with van der Waals surface area (Å²) in [6.45, 7) is 6.13. The van der Waals surface area contributed by atoms with Crippen LogP contribution in [-0.2, 0) is 0 Å². The Morgan fingerprint density at radius 2 is 2.09 bits per heavy atom. The number of allylic oxidation sites excluding steroid dienone is 2. The first-order chi connectivity index (χ1) is 5.02. The molecule has 64 valence electrons. The molecule has 0 saturated carbocycles. The summed E-state index contributed by atoms with van der Waals surface area (Å²) in [5, 5.41) is 7.46. The van der Waals surface area contributed by atoms with Gasteiger partial charge < -0.3 is 11.1 Å². The van der Waals surface area contributed by atoms with Gasteiger partial charge in [-0.3, -0.25) is 0 Å². The van der Waals surface area contributed by atoms with Gasteiger partial charge in [-0.05, 0) is 31.8 Å². The third kappa shape index (κ3) is 7.10. The van der Waals surface area contributed by atoms with Crippen molar-refractivity contribution in [2.45, 2.75) is 33.6 Å². The van der Waals surface area contributed by atoms with Crippen LogP contribution in [-0.4, -0.2) is 5.71 Å². The van der Waals surface area contributed by atoms with E-state index in [1.807, 2.05) is 6.92 Å². The minimum atomic E-state index is 0.638. The molecule has 11 heavy (non-hydrogen) atoms. The normalized spacial score (nSPS) is 12.2. The summed E-state index contributed by atoms with van der Waals surface area (Å²) in [7, 11) is 0. The van der Waals surface area contributed by atoms with Gasteiger partial charge in [-0.2, -0.15) is 0 Å². The van der Waals surface area contributed by atoms with Gasteiger partial charge in [-0.1, -0.05) is 13.8 Å². The van der Waals surface area contributed by atoms with Gasteiger partial charge in [0, 0.05) is 11.4 Å². The zero-order valence-corrected chi connectivity index (χ0v) is 7.65. The maximum Gasteiger partial charge on any atom is 0.0331 e. The first kappa shape index (κ1) is 10.2. The van der Waals surface area contributed by atoms with Gasteiger partial charge in [0.2, 0.25) is 0 Å². The number of nitrogens with one attached hydrogen (secondary N) is 1. The van der Waals surface area contributed by atoms with E-state index in [9.17, 15) is 0 Å². The van der Waals surface area contributed by atoms with E-state index in [-0.39, 0.29) is 0 Å². The van der Waals surface area contributed by atoms with Gasteiger partial charge in [0.1, 0.15) is 0 Å². The molecular formula is C9H18N2. The first-order valence-electron chi connectivity index (χ1n) is 4.03. The van der Waals surface area contributed by atoms with E-state index in [0.717, 1.165) is 18.5 Å². The molecule has 0 heterocycles. The molecule has 2 heteroatoms. The Bertz CT molecular complexity index is 153. The Morgan fingerprint density at radius 3 is 2.45 bits per heavy atom. The van der Waals surface area contributed by atoms with Gasteiger partial charge in [-0.25, -0.2) is 0 Å². The quantitative estimate of drug-likeness (QED) is 0.600. The van der Waals surface area contributed by atoms with Crippen molar-refractivity contribution in [3.63, 3.8) is 0 Å². The Kier molecular flexibility index (Phi) is 4.59. The lowest BCUT2D eigenvalue weighted by Gasteiger charge is -2.02. The van der Waals surface area contributed by atoms with Crippen molar-refractivity contribution in [2.75, 3.05) is 0 Å². The maximum absolute atomic E-state index is 7.46. The van der Waals surface area contributed by atoms with Crippen LogP contribution in [0.25, 0.3) is 0 Å². The molecule has 0 bridgehead atoms. The van der Waals surface area contributed by atoms with Crippen molar-refractivity contribution in [3.05, 3.63) is 11.8 Å². The van der Waals surface area contributed by atoms with Crippen molar-refractivity contribution in [2.24, 2.45) is 11.7 Å². The molecule has 0 atom stereocenters. The van der Waals surface area contributed by atoms with E-state index in [4.69, 9.17) is 11.1 Å². The molecule has 0 aliphatic carbocycles. The second-order valence-corrected chi connectivity index (χ2v) is 3.35. The topological polar surface area (TPSA) is 49.9 Å². The van der Waals surface area contributed by atoms with Crippen LogP contribution in [0.4, 0.5) is 0 Å². The predicted octanol–water partition coefficient (Wildman–Crippen LogP) is 2.30. The number of nitrogens with two attached hydrogens (primary N) is 1. The summed E-state index contributed by atoms with van der Waals surface area (Å²) in [4.78, 5) is 0. The van der Waals surface area contributed by atoms with Crippen LogP contribution in [0.15, 0.2) is 11.8 Å². The molecule has 0 rings (SSSR count). The summed E-state index contributed by atoms with van der Waals surface area (Å²) in [5.74, 6) is 0.668. The van der Waals surface area contributed by atoms with Crippen molar-refractivity contribution in [1.29, 1.82) is 5.41 Å². The molecule has 0 fully saturated rings. The van der Waals surface area contributed by atoms with E-state index < -0.39 is 0 Å². The lowest BCUT2D eigenvalue weighted by Crippen LogP contribution is -2.00. The highest BCUT2D eigenvalue weighted by Crippen LogP contribution is 2.04. The molecule has 0 radical (unpaired) electrons. The smallest absolute Gasteiger partial charge is 0.0331 e. The average Bonchev–Trinajstić information content (AvgIpc) is 1.82. The summed E-state index contributed by atoms with van der Waals surface area (Å²) in [6, 6.07) is 0. The zero-order chi connectivity index (χ0) is 8.85. The summed E-state index contributed by atoms with van der Waals surface area (Å²) in [6.07, 6.45) is 3.64. The fourth-order valence-electron chi connectivity index (χ4n) is 0.791. The molecule has 0 aromatic carbocycles. The molecule has 0 aromatic heterocycles. The molecule has 0 aliphatic heterocycles. The maximum atomic E-state index is 7.46. The van der Waals surface area contributed by atoms with Gasteiger partial charge in [0.15, 0.2) is 0 Å². The zero-order valence-electron chi connectivity index (χ0n) is 7.65. The van der Waals surface area contributed by atoms with E-state index in [2.05, 4.69) is 13.8 Å². The minimum Gasteiger partial charge on any atom is -0.402 e. The van der Waals surface area contributed by atoms with Crippen LogP contribution in [0.2, 0.25) is 0 Å². The highest BCUT2D eigenvalue weighted by molar-refractivity contribution is 5.92. The average molecular weight is 154 g/mol. The van der Waals surface area contributed by atoms with Gasteiger partial charge >= 0.3 is 0 Å². The summed E-state index contributed by atoms with van der Waals surface area (Å²) >= 11 is 0. The molecule has 3 N–H and O–H groups in total. The Labute approximate surface area is 69.0 Å². The number of hydrogen-bond acceptors (Lipinski definition) is 2. The van der Waals surface area contributed by atoms with Crippen LogP contribution in [0.5, 0.6) is 0 Å². The van der Waals surface area contributed by atoms with E-state index in [1.54, 1.807) is 6.08 Å². The van der Waals surface area contributed by atoms with Crippen LogP contribution < -0.4 is 5.73 Å². The molecule has 0 saturated heterocycles. The standard InChI is InChI=1S/C9H18N2/c1-7(2)4-5-9(11)6-8(3)10/h6-7,11H,4-5,10H2,1-3H3/b8-6-,11-9?. The van der Waals surface area contributed by atoms with E-state index in [1.165, 1.54) is 0 Å². The van der Waals surface area contributed by atoms with Crippen LogP contribution >= 0.6 is 0 Å². The largest absolute Gasteiger partial charge is 0.402 e. The first-order valence-corrected chi connectivity index (χ1v) is 4.03. The Morgan fingerprint density at radius 1 is 1.55 bits per heavy atom. The van der Waals surface area contributed by atoms with Crippen molar-refractivity contribution in [3.8, 4) is 0 Å². The van der Waals surface area contributed by atoms with E-state index in [0.29, 0.717) is 11.6 Å². The van der Waals surface area contributed by atoms with Crippen molar-refractivity contribution in [1.82, 2.24) is 0 Å². The monoisotopic (exact) mass is 154 g/mol. The minimum absolute atomic E-state index is 0.638. The molecule has 2 nitrogen and oxygen atoms in total. The highest BCUT2D eigenvalue weighted by atomic mass is 14.6. The van der Waals surface area contributed by atoms with Gasteiger partial charge in [0.25, 0.3) is 0 Å². The van der Waals surface area contributed by atoms with Crippen molar-refractivity contribution >= 4 is 5.71 Å². The van der Waals surface area contributed by atoms with Crippen LogP contribution in [0.1, 0.15) is 33.6 Å².